The molecule has 0 aromatic carbocycles. The second-order valence-corrected chi connectivity index (χ2v) is 4.65. The Hall–Kier alpha value is -1.62. The van der Waals surface area contributed by atoms with Crippen molar-refractivity contribution >= 4 is 11.5 Å². The summed E-state index contributed by atoms with van der Waals surface area (Å²) in [5.74, 6) is 1.12. The van der Waals surface area contributed by atoms with Gasteiger partial charge >= 0.3 is 0 Å². The van der Waals surface area contributed by atoms with Crippen LogP contribution in [0.2, 0.25) is 0 Å². The van der Waals surface area contributed by atoms with E-state index in [1.807, 2.05) is 10.6 Å². The lowest BCUT2D eigenvalue weighted by atomic mass is 10.2. The zero-order valence-electron chi connectivity index (χ0n) is 10.0. The van der Waals surface area contributed by atoms with E-state index in [1.54, 1.807) is 6.33 Å². The quantitative estimate of drug-likeness (QED) is 0.836. The summed E-state index contributed by atoms with van der Waals surface area (Å²) in [6, 6.07) is 4.64. The normalized spacial score (nSPS) is 20.4. The van der Waals surface area contributed by atoms with Gasteiger partial charge < -0.3 is 10.6 Å². The number of pyridine rings is 1. The molecule has 5 heteroatoms. The SMILES string of the molecule is Cc1cc(N2CCCC2CN)n2ncnc2c1. The van der Waals surface area contributed by atoms with Crippen molar-refractivity contribution < 1.29 is 0 Å². The highest BCUT2D eigenvalue weighted by atomic mass is 15.4. The number of rotatable bonds is 2. The number of hydrogen-bond donors (Lipinski definition) is 1. The van der Waals surface area contributed by atoms with Crippen molar-refractivity contribution in [3.05, 3.63) is 24.0 Å². The Bertz CT molecular complexity index is 533. The molecule has 0 radical (unpaired) electrons. The molecule has 1 saturated heterocycles. The standard InChI is InChI=1S/C12H17N5/c1-9-5-11-14-8-15-17(11)12(6-9)16-4-2-3-10(16)7-13/h5-6,8,10H,2-4,7,13H2,1H3. The summed E-state index contributed by atoms with van der Waals surface area (Å²) in [5.41, 5.74) is 7.95. The predicted octanol–water partition coefficient (Wildman–Crippen LogP) is 0.965. The topological polar surface area (TPSA) is 59.5 Å². The molecule has 0 bridgehead atoms. The van der Waals surface area contributed by atoms with Crippen molar-refractivity contribution in [3.8, 4) is 0 Å². The van der Waals surface area contributed by atoms with Crippen molar-refractivity contribution in [2.24, 2.45) is 5.73 Å². The summed E-state index contributed by atoms with van der Waals surface area (Å²) in [7, 11) is 0. The first-order chi connectivity index (χ1) is 8.29. The van der Waals surface area contributed by atoms with E-state index >= 15 is 0 Å². The highest BCUT2D eigenvalue weighted by molar-refractivity contribution is 5.54. The van der Waals surface area contributed by atoms with Gasteiger partial charge in [-0.15, -0.1) is 0 Å². The Balaban J connectivity index is 2.12. The zero-order chi connectivity index (χ0) is 11.8. The molecule has 1 atom stereocenters. The summed E-state index contributed by atoms with van der Waals surface area (Å²) in [4.78, 5) is 6.61. The molecule has 3 heterocycles. The van der Waals surface area contributed by atoms with Crippen LogP contribution in [0.4, 0.5) is 5.82 Å². The smallest absolute Gasteiger partial charge is 0.157 e. The van der Waals surface area contributed by atoms with E-state index in [9.17, 15) is 0 Å². The summed E-state index contributed by atoms with van der Waals surface area (Å²) in [6.45, 7) is 3.84. The molecule has 3 rings (SSSR count). The number of aryl methyl sites for hydroxylation is 1. The van der Waals surface area contributed by atoms with Gasteiger partial charge in [0.2, 0.25) is 0 Å². The second kappa shape index (κ2) is 4.00. The van der Waals surface area contributed by atoms with E-state index in [0.29, 0.717) is 12.6 Å². The van der Waals surface area contributed by atoms with Gasteiger partial charge in [0.1, 0.15) is 12.1 Å². The van der Waals surface area contributed by atoms with Crippen molar-refractivity contribution in [2.75, 3.05) is 18.0 Å². The maximum Gasteiger partial charge on any atom is 0.157 e. The molecule has 17 heavy (non-hydrogen) atoms. The highest BCUT2D eigenvalue weighted by Gasteiger charge is 2.25. The van der Waals surface area contributed by atoms with Crippen LogP contribution in [0, 0.1) is 6.92 Å². The molecule has 90 valence electrons. The molecular formula is C12H17N5. The minimum atomic E-state index is 0.434. The third kappa shape index (κ3) is 1.67. The van der Waals surface area contributed by atoms with Crippen LogP contribution in [0.15, 0.2) is 18.5 Å². The van der Waals surface area contributed by atoms with Gasteiger partial charge in [-0.1, -0.05) is 0 Å². The van der Waals surface area contributed by atoms with Gasteiger partial charge in [-0.3, -0.25) is 0 Å². The third-order valence-electron chi connectivity index (χ3n) is 3.45. The van der Waals surface area contributed by atoms with Gasteiger partial charge in [0, 0.05) is 19.1 Å². The van der Waals surface area contributed by atoms with E-state index < -0.39 is 0 Å². The van der Waals surface area contributed by atoms with E-state index in [0.717, 1.165) is 18.0 Å². The number of aromatic nitrogens is 3. The maximum absolute atomic E-state index is 5.83. The Morgan fingerprint density at radius 1 is 1.47 bits per heavy atom. The first-order valence-corrected chi connectivity index (χ1v) is 6.06. The Labute approximate surface area is 100 Å². The van der Waals surface area contributed by atoms with Crippen LogP contribution in [0.5, 0.6) is 0 Å². The molecule has 1 fully saturated rings. The lowest BCUT2D eigenvalue weighted by molar-refractivity contribution is 0.663. The van der Waals surface area contributed by atoms with E-state index in [2.05, 4.69) is 28.0 Å². The third-order valence-corrected chi connectivity index (χ3v) is 3.45. The monoisotopic (exact) mass is 231 g/mol. The van der Waals surface area contributed by atoms with Crippen LogP contribution in [0.3, 0.4) is 0 Å². The lowest BCUT2D eigenvalue weighted by Gasteiger charge is -2.26. The Morgan fingerprint density at radius 2 is 2.35 bits per heavy atom. The first-order valence-electron chi connectivity index (χ1n) is 6.06. The van der Waals surface area contributed by atoms with Crippen LogP contribution in [0.25, 0.3) is 5.65 Å². The van der Waals surface area contributed by atoms with Crippen molar-refractivity contribution in [1.82, 2.24) is 14.6 Å². The van der Waals surface area contributed by atoms with E-state index in [1.165, 1.54) is 18.4 Å². The van der Waals surface area contributed by atoms with Crippen molar-refractivity contribution in [1.29, 1.82) is 0 Å². The molecule has 0 spiro atoms. The fourth-order valence-electron chi connectivity index (χ4n) is 2.62. The fraction of sp³-hybridized carbons (Fsp3) is 0.500. The molecule has 2 aromatic rings. The molecule has 1 aliphatic rings. The minimum absolute atomic E-state index is 0.434. The van der Waals surface area contributed by atoms with Crippen LogP contribution in [-0.4, -0.2) is 33.7 Å². The molecule has 0 saturated carbocycles. The number of anilines is 1. The number of hydrogen-bond acceptors (Lipinski definition) is 4. The molecule has 0 aliphatic carbocycles. The number of nitrogens with two attached hydrogens (primary N) is 1. The Morgan fingerprint density at radius 3 is 3.18 bits per heavy atom. The summed E-state index contributed by atoms with van der Waals surface area (Å²) in [6.07, 6.45) is 3.97. The summed E-state index contributed by atoms with van der Waals surface area (Å²) in [5, 5.41) is 4.30. The van der Waals surface area contributed by atoms with Gasteiger partial charge in [0.05, 0.1) is 0 Å². The molecular weight excluding hydrogens is 214 g/mol. The Kier molecular flexibility index (Phi) is 2.48. The average molecular weight is 231 g/mol. The van der Waals surface area contributed by atoms with Gasteiger partial charge in [-0.25, -0.2) is 4.98 Å². The molecule has 0 amide bonds. The largest absolute Gasteiger partial charge is 0.352 e. The second-order valence-electron chi connectivity index (χ2n) is 4.65. The molecule has 1 aliphatic heterocycles. The zero-order valence-corrected chi connectivity index (χ0v) is 10.0. The van der Waals surface area contributed by atoms with Crippen LogP contribution in [-0.2, 0) is 0 Å². The molecule has 5 nitrogen and oxygen atoms in total. The maximum atomic E-state index is 5.83. The molecule has 2 N–H and O–H groups in total. The van der Waals surface area contributed by atoms with E-state index in [4.69, 9.17) is 5.73 Å². The average Bonchev–Trinajstić information content (AvgIpc) is 2.95. The van der Waals surface area contributed by atoms with Crippen molar-refractivity contribution in [3.63, 3.8) is 0 Å². The highest BCUT2D eigenvalue weighted by Crippen LogP contribution is 2.26. The number of fused-ring (bicyclic) bond motifs is 1. The van der Waals surface area contributed by atoms with Gasteiger partial charge in [-0.05, 0) is 37.5 Å². The fourth-order valence-corrected chi connectivity index (χ4v) is 2.62. The lowest BCUT2D eigenvalue weighted by Crippen LogP contribution is -2.36. The van der Waals surface area contributed by atoms with Gasteiger partial charge in [-0.2, -0.15) is 9.61 Å². The minimum Gasteiger partial charge on any atom is -0.352 e. The molecule has 2 aromatic heterocycles. The van der Waals surface area contributed by atoms with Crippen molar-refractivity contribution in [2.45, 2.75) is 25.8 Å². The van der Waals surface area contributed by atoms with Gasteiger partial charge in [0.25, 0.3) is 0 Å². The van der Waals surface area contributed by atoms with Crippen LogP contribution in [0.1, 0.15) is 18.4 Å². The predicted molar refractivity (Wildman–Crippen MR) is 67.1 cm³/mol. The molecule has 1 unspecified atom stereocenters. The van der Waals surface area contributed by atoms with Crippen LogP contribution >= 0.6 is 0 Å². The first kappa shape index (κ1) is 10.5. The van der Waals surface area contributed by atoms with Crippen LogP contribution < -0.4 is 10.6 Å². The summed E-state index contributed by atoms with van der Waals surface area (Å²) >= 11 is 0. The summed E-state index contributed by atoms with van der Waals surface area (Å²) < 4.78 is 1.90. The van der Waals surface area contributed by atoms with E-state index in [-0.39, 0.29) is 0 Å². The van der Waals surface area contributed by atoms with Gasteiger partial charge in [0.15, 0.2) is 5.65 Å². The number of nitrogens with zero attached hydrogens (tertiary/aromatic N) is 4.